The number of hydrogen-bond donors (Lipinski definition) is 1. The summed E-state index contributed by atoms with van der Waals surface area (Å²) in [6.45, 7) is 6.36. The molecule has 0 bridgehead atoms. The van der Waals surface area contributed by atoms with Gasteiger partial charge in [0.15, 0.2) is 0 Å². The maximum atomic E-state index is 12.3. The smallest absolute Gasteiger partial charge is 0.261 e. The summed E-state index contributed by atoms with van der Waals surface area (Å²) in [5.74, 6) is 0.708. The number of aryl methyl sites for hydroxylation is 3. The minimum absolute atomic E-state index is 0.0683. The van der Waals surface area contributed by atoms with Gasteiger partial charge in [-0.15, -0.1) is 11.3 Å². The molecule has 23 heavy (non-hydrogen) atoms. The van der Waals surface area contributed by atoms with Crippen LogP contribution in [0.5, 0.6) is 0 Å². The molecule has 6 heteroatoms. The van der Waals surface area contributed by atoms with Crippen molar-refractivity contribution in [2.24, 2.45) is 0 Å². The SMILES string of the molecule is Cc1csc(C(=O)NC[C@@H](c2ccco2)n2nc(C)cc2C)c1. The summed E-state index contributed by atoms with van der Waals surface area (Å²) < 4.78 is 7.44. The van der Waals surface area contributed by atoms with Gasteiger partial charge in [-0.2, -0.15) is 5.10 Å². The van der Waals surface area contributed by atoms with Crippen LogP contribution in [0, 0.1) is 20.8 Å². The fraction of sp³-hybridized carbons (Fsp3) is 0.294. The van der Waals surface area contributed by atoms with E-state index in [0.29, 0.717) is 11.4 Å². The van der Waals surface area contributed by atoms with E-state index in [9.17, 15) is 4.79 Å². The highest BCUT2D eigenvalue weighted by molar-refractivity contribution is 7.12. The van der Waals surface area contributed by atoms with Crippen LogP contribution in [0.3, 0.4) is 0 Å². The second kappa shape index (κ2) is 6.42. The van der Waals surface area contributed by atoms with E-state index >= 15 is 0 Å². The molecule has 0 fully saturated rings. The second-order valence-electron chi connectivity index (χ2n) is 5.60. The number of carbonyl (C=O) groups excluding carboxylic acids is 1. The van der Waals surface area contributed by atoms with Gasteiger partial charge in [-0.1, -0.05) is 0 Å². The van der Waals surface area contributed by atoms with E-state index in [4.69, 9.17) is 4.42 Å². The first-order valence-electron chi connectivity index (χ1n) is 7.44. The topological polar surface area (TPSA) is 60.1 Å². The van der Waals surface area contributed by atoms with E-state index in [1.165, 1.54) is 11.3 Å². The molecule has 0 aliphatic carbocycles. The molecule has 1 atom stereocenters. The Morgan fingerprint density at radius 1 is 1.39 bits per heavy atom. The number of furan rings is 1. The number of nitrogens with zero attached hydrogens (tertiary/aromatic N) is 2. The van der Waals surface area contributed by atoms with Gasteiger partial charge in [0.25, 0.3) is 5.91 Å². The fourth-order valence-corrected chi connectivity index (χ4v) is 3.39. The molecule has 0 unspecified atom stereocenters. The molecule has 0 aromatic carbocycles. The minimum atomic E-state index is -0.163. The highest BCUT2D eigenvalue weighted by Crippen LogP contribution is 2.21. The summed E-state index contributed by atoms with van der Waals surface area (Å²) in [4.78, 5) is 13.0. The number of nitrogens with one attached hydrogen (secondary N) is 1. The van der Waals surface area contributed by atoms with Gasteiger partial charge in [-0.05, 0) is 56.0 Å². The molecule has 0 spiro atoms. The van der Waals surface area contributed by atoms with Gasteiger partial charge in [-0.25, -0.2) is 0 Å². The lowest BCUT2D eigenvalue weighted by atomic mass is 10.2. The van der Waals surface area contributed by atoms with E-state index < -0.39 is 0 Å². The Kier molecular flexibility index (Phi) is 4.34. The van der Waals surface area contributed by atoms with E-state index in [-0.39, 0.29) is 11.9 Å². The molecule has 120 valence electrons. The van der Waals surface area contributed by atoms with Gasteiger partial charge in [0.05, 0.1) is 16.8 Å². The average Bonchev–Trinajstić information content (AvgIpc) is 3.22. The molecule has 3 aromatic heterocycles. The Hall–Kier alpha value is -2.34. The van der Waals surface area contributed by atoms with Crippen LogP contribution in [-0.2, 0) is 0 Å². The lowest BCUT2D eigenvalue weighted by molar-refractivity contribution is 0.0952. The van der Waals surface area contributed by atoms with Crippen LogP contribution in [0.4, 0.5) is 0 Å². The van der Waals surface area contributed by atoms with Crippen LogP contribution in [0.15, 0.2) is 40.3 Å². The Balaban J connectivity index is 1.80. The van der Waals surface area contributed by atoms with Gasteiger partial charge in [0, 0.05) is 12.2 Å². The summed E-state index contributed by atoms with van der Waals surface area (Å²) in [5.41, 5.74) is 3.07. The first kappa shape index (κ1) is 15.6. The van der Waals surface area contributed by atoms with Crippen LogP contribution >= 0.6 is 11.3 Å². The number of hydrogen-bond acceptors (Lipinski definition) is 4. The molecule has 1 N–H and O–H groups in total. The molecule has 0 aliphatic heterocycles. The summed E-state index contributed by atoms with van der Waals surface area (Å²) in [6, 6.07) is 7.50. The van der Waals surface area contributed by atoms with Crippen molar-refractivity contribution in [2.75, 3.05) is 6.54 Å². The number of amides is 1. The number of carbonyl (C=O) groups is 1. The molecular weight excluding hydrogens is 310 g/mol. The highest BCUT2D eigenvalue weighted by atomic mass is 32.1. The fourth-order valence-electron chi connectivity index (χ4n) is 2.58. The van der Waals surface area contributed by atoms with Gasteiger partial charge in [0.1, 0.15) is 11.8 Å². The molecule has 3 rings (SSSR count). The van der Waals surface area contributed by atoms with Crippen LogP contribution in [0.1, 0.15) is 38.4 Å². The number of aromatic nitrogens is 2. The Morgan fingerprint density at radius 2 is 2.22 bits per heavy atom. The molecule has 0 saturated carbocycles. The van der Waals surface area contributed by atoms with Crippen LogP contribution < -0.4 is 5.32 Å². The third-order valence-electron chi connectivity index (χ3n) is 3.62. The van der Waals surface area contributed by atoms with Crippen molar-refractivity contribution in [3.8, 4) is 0 Å². The van der Waals surface area contributed by atoms with Crippen LogP contribution in [0.2, 0.25) is 0 Å². The molecule has 0 saturated heterocycles. The minimum Gasteiger partial charge on any atom is -0.467 e. The van der Waals surface area contributed by atoms with Crippen LogP contribution in [-0.4, -0.2) is 22.2 Å². The monoisotopic (exact) mass is 329 g/mol. The third kappa shape index (κ3) is 3.37. The summed E-state index contributed by atoms with van der Waals surface area (Å²) >= 11 is 1.45. The largest absolute Gasteiger partial charge is 0.467 e. The maximum Gasteiger partial charge on any atom is 0.261 e. The number of thiophene rings is 1. The van der Waals surface area contributed by atoms with E-state index in [1.807, 2.05) is 55.1 Å². The third-order valence-corrected chi connectivity index (χ3v) is 4.67. The van der Waals surface area contributed by atoms with Gasteiger partial charge in [0.2, 0.25) is 0 Å². The zero-order chi connectivity index (χ0) is 16.4. The second-order valence-corrected chi connectivity index (χ2v) is 6.51. The first-order chi connectivity index (χ1) is 11.0. The predicted molar refractivity (Wildman–Crippen MR) is 89.9 cm³/mol. The van der Waals surface area contributed by atoms with Crippen molar-refractivity contribution in [3.63, 3.8) is 0 Å². The molecular formula is C17H19N3O2S. The lowest BCUT2D eigenvalue weighted by Gasteiger charge is -2.17. The Morgan fingerprint density at radius 3 is 2.78 bits per heavy atom. The van der Waals surface area contributed by atoms with Crippen molar-refractivity contribution < 1.29 is 9.21 Å². The predicted octanol–water partition coefficient (Wildman–Crippen LogP) is 3.48. The number of rotatable bonds is 5. The van der Waals surface area contributed by atoms with E-state index in [2.05, 4.69) is 10.4 Å². The quantitative estimate of drug-likeness (QED) is 0.779. The van der Waals surface area contributed by atoms with Gasteiger partial charge >= 0.3 is 0 Å². The molecule has 0 aliphatic rings. The normalized spacial score (nSPS) is 12.3. The average molecular weight is 329 g/mol. The molecule has 1 amide bonds. The zero-order valence-corrected chi connectivity index (χ0v) is 14.2. The van der Waals surface area contributed by atoms with Gasteiger partial charge in [-0.3, -0.25) is 9.48 Å². The van der Waals surface area contributed by atoms with Crippen LogP contribution in [0.25, 0.3) is 0 Å². The Bertz CT molecular complexity index is 802. The van der Waals surface area contributed by atoms with Gasteiger partial charge < -0.3 is 9.73 Å². The zero-order valence-electron chi connectivity index (χ0n) is 13.4. The van der Waals surface area contributed by atoms with Crippen molar-refractivity contribution in [2.45, 2.75) is 26.8 Å². The Labute approximate surface area is 138 Å². The van der Waals surface area contributed by atoms with E-state index in [1.54, 1.807) is 6.26 Å². The van der Waals surface area contributed by atoms with Crippen molar-refractivity contribution >= 4 is 17.2 Å². The summed E-state index contributed by atoms with van der Waals surface area (Å²) in [5, 5.41) is 9.49. The van der Waals surface area contributed by atoms with E-state index in [0.717, 1.165) is 22.7 Å². The lowest BCUT2D eigenvalue weighted by Crippen LogP contribution is -2.31. The summed E-state index contributed by atoms with van der Waals surface area (Å²) in [6.07, 6.45) is 1.64. The molecule has 0 radical (unpaired) electrons. The molecule has 3 aromatic rings. The van der Waals surface area contributed by atoms with Crippen molar-refractivity contribution in [1.29, 1.82) is 0 Å². The highest BCUT2D eigenvalue weighted by Gasteiger charge is 2.21. The van der Waals surface area contributed by atoms with Crippen molar-refractivity contribution in [3.05, 3.63) is 63.5 Å². The summed E-state index contributed by atoms with van der Waals surface area (Å²) in [7, 11) is 0. The standard InChI is InChI=1S/C17H19N3O2S/c1-11-7-16(23-10-11)17(21)18-9-14(15-5-4-6-22-15)20-13(3)8-12(2)19-20/h4-8,10,14H,9H2,1-3H3,(H,18,21)/t14-/m0/s1. The first-order valence-corrected chi connectivity index (χ1v) is 8.32. The molecule has 5 nitrogen and oxygen atoms in total. The molecule has 3 heterocycles. The van der Waals surface area contributed by atoms with Crippen molar-refractivity contribution in [1.82, 2.24) is 15.1 Å². The maximum absolute atomic E-state index is 12.3.